The number of hydrogen-bond acceptors (Lipinski definition) is 5. The molecule has 3 heterocycles. The third-order valence-electron chi connectivity index (χ3n) is 5.86. The van der Waals surface area contributed by atoms with Gasteiger partial charge in [0.1, 0.15) is 5.52 Å². The number of carbonyl (C=O) groups excluding carboxylic acids is 1. The van der Waals surface area contributed by atoms with Gasteiger partial charge in [0.25, 0.3) is 0 Å². The second-order valence-electron chi connectivity index (χ2n) is 7.75. The van der Waals surface area contributed by atoms with Crippen molar-refractivity contribution in [2.45, 2.75) is 63.7 Å². The van der Waals surface area contributed by atoms with Crippen LogP contribution in [0, 0.1) is 0 Å². The molecule has 2 atom stereocenters. The van der Waals surface area contributed by atoms with E-state index >= 15 is 0 Å². The Morgan fingerprint density at radius 1 is 1.21 bits per heavy atom. The minimum Gasteiger partial charge on any atom is -0.337 e. The number of nitrogens with zero attached hydrogens (tertiary/aromatic N) is 5. The molecule has 148 valence electrons. The molecule has 0 radical (unpaired) electrons. The van der Waals surface area contributed by atoms with Gasteiger partial charge in [0, 0.05) is 24.5 Å². The summed E-state index contributed by atoms with van der Waals surface area (Å²) in [5.74, 6) is 0.518. The molecule has 1 amide bonds. The second-order valence-corrected chi connectivity index (χ2v) is 8.69. The Balaban J connectivity index is 1.57. The van der Waals surface area contributed by atoms with Gasteiger partial charge in [0.05, 0.1) is 11.3 Å². The molecular weight excluding hydrogens is 370 g/mol. The summed E-state index contributed by atoms with van der Waals surface area (Å²) >= 11 is 1.38. The van der Waals surface area contributed by atoms with Crippen molar-refractivity contribution in [1.29, 1.82) is 0 Å². The van der Waals surface area contributed by atoms with Crippen molar-refractivity contribution in [3.05, 3.63) is 23.8 Å². The number of rotatable bonds is 4. The van der Waals surface area contributed by atoms with Crippen LogP contribution >= 0.6 is 11.8 Å². The largest absolute Gasteiger partial charge is 0.337 e. The van der Waals surface area contributed by atoms with E-state index in [1.165, 1.54) is 23.7 Å². The molecule has 2 aromatic heterocycles. The normalized spacial score (nSPS) is 20.2. The molecule has 4 rings (SSSR count). The van der Waals surface area contributed by atoms with Gasteiger partial charge in [0.15, 0.2) is 5.65 Å². The second kappa shape index (κ2) is 7.70. The summed E-state index contributed by atoms with van der Waals surface area (Å²) in [4.78, 5) is 19.5. The lowest BCUT2D eigenvalue weighted by atomic mass is 9.98. The summed E-state index contributed by atoms with van der Waals surface area (Å²) in [7, 11) is 2.00. The van der Waals surface area contributed by atoms with Crippen LogP contribution in [0.15, 0.2) is 23.4 Å². The zero-order valence-corrected chi connectivity index (χ0v) is 17.8. The first-order valence-electron chi connectivity index (χ1n) is 10.0. The summed E-state index contributed by atoms with van der Waals surface area (Å²) in [5.41, 5.74) is 4.01. The first-order valence-corrected chi connectivity index (χ1v) is 11.0. The molecule has 6 nitrogen and oxygen atoms in total. The maximum absolute atomic E-state index is 12.8. The van der Waals surface area contributed by atoms with Crippen LogP contribution in [0.4, 0.5) is 0 Å². The van der Waals surface area contributed by atoms with Gasteiger partial charge in [-0.25, -0.2) is 4.98 Å². The molecule has 0 N–H and O–H groups in total. The predicted molar refractivity (Wildman–Crippen MR) is 114 cm³/mol. The van der Waals surface area contributed by atoms with Crippen LogP contribution in [0.1, 0.15) is 45.6 Å². The minimum atomic E-state index is 0.165. The van der Waals surface area contributed by atoms with Crippen LogP contribution < -0.4 is 0 Å². The standard InChI is InChI=1S/C21H27N5OS/c1-5-15-9-10-17-16(11-15)19-20(25(17)4)22-21(24-23-19)28-12-18(27)26-13(2)7-6-8-14(26)3/h9-11,13-14H,5-8,12H2,1-4H3. The number of carbonyl (C=O) groups is 1. The van der Waals surface area contributed by atoms with E-state index in [0.29, 0.717) is 23.0 Å². The highest BCUT2D eigenvalue weighted by molar-refractivity contribution is 7.99. The minimum absolute atomic E-state index is 0.165. The Kier molecular flexibility index (Phi) is 5.27. The van der Waals surface area contributed by atoms with Gasteiger partial charge in [-0.05, 0) is 57.2 Å². The molecule has 28 heavy (non-hydrogen) atoms. The van der Waals surface area contributed by atoms with Crippen molar-refractivity contribution in [3.8, 4) is 0 Å². The number of likely N-dealkylation sites (tertiary alicyclic amines) is 1. The van der Waals surface area contributed by atoms with E-state index in [1.54, 1.807) is 0 Å². The Hall–Kier alpha value is -2.15. The third-order valence-corrected chi connectivity index (χ3v) is 6.68. The van der Waals surface area contributed by atoms with Crippen molar-refractivity contribution in [2.24, 2.45) is 7.05 Å². The Morgan fingerprint density at radius 2 is 1.96 bits per heavy atom. The van der Waals surface area contributed by atoms with Crippen molar-refractivity contribution in [2.75, 3.05) is 5.75 Å². The maximum Gasteiger partial charge on any atom is 0.233 e. The number of hydrogen-bond donors (Lipinski definition) is 0. The number of aromatic nitrogens is 4. The van der Waals surface area contributed by atoms with Crippen LogP contribution in [0.5, 0.6) is 0 Å². The molecule has 0 aliphatic carbocycles. The molecular formula is C21H27N5OS. The number of fused-ring (bicyclic) bond motifs is 3. The van der Waals surface area contributed by atoms with E-state index in [2.05, 4.69) is 53.7 Å². The van der Waals surface area contributed by atoms with Gasteiger partial charge in [-0.2, -0.15) is 0 Å². The van der Waals surface area contributed by atoms with E-state index in [9.17, 15) is 4.79 Å². The summed E-state index contributed by atoms with van der Waals surface area (Å²) in [6.07, 6.45) is 4.35. The number of amides is 1. The van der Waals surface area contributed by atoms with E-state index in [-0.39, 0.29) is 5.91 Å². The number of thioether (sulfide) groups is 1. The van der Waals surface area contributed by atoms with Gasteiger partial charge in [0.2, 0.25) is 11.1 Å². The highest BCUT2D eigenvalue weighted by Crippen LogP contribution is 2.28. The Labute approximate surface area is 169 Å². The monoisotopic (exact) mass is 397 g/mol. The van der Waals surface area contributed by atoms with Crippen molar-refractivity contribution in [1.82, 2.24) is 24.6 Å². The smallest absolute Gasteiger partial charge is 0.233 e. The van der Waals surface area contributed by atoms with Crippen molar-refractivity contribution >= 4 is 39.7 Å². The Morgan fingerprint density at radius 3 is 2.68 bits per heavy atom. The van der Waals surface area contributed by atoms with E-state index in [4.69, 9.17) is 4.98 Å². The molecule has 7 heteroatoms. The third kappa shape index (κ3) is 3.36. The summed E-state index contributed by atoms with van der Waals surface area (Å²) in [5, 5.41) is 10.4. The molecule has 1 fully saturated rings. The average molecular weight is 398 g/mol. The zero-order chi connectivity index (χ0) is 19.8. The first kappa shape index (κ1) is 19.2. The number of aryl methyl sites for hydroxylation is 2. The molecule has 2 unspecified atom stereocenters. The van der Waals surface area contributed by atoms with Gasteiger partial charge >= 0.3 is 0 Å². The fraction of sp³-hybridized carbons (Fsp3) is 0.524. The van der Waals surface area contributed by atoms with Gasteiger partial charge in [-0.1, -0.05) is 24.8 Å². The molecule has 3 aromatic rings. The average Bonchev–Trinajstić information content (AvgIpc) is 2.97. The molecule has 1 aliphatic heterocycles. The fourth-order valence-corrected chi connectivity index (χ4v) is 4.94. The van der Waals surface area contributed by atoms with E-state index < -0.39 is 0 Å². The SMILES string of the molecule is CCc1ccc2c(c1)c1nnc(SCC(=O)N3C(C)CCCC3C)nc1n2C. The zero-order valence-electron chi connectivity index (χ0n) is 17.0. The highest BCUT2D eigenvalue weighted by Gasteiger charge is 2.28. The Bertz CT molecular complexity index is 1020. The number of piperidine rings is 1. The van der Waals surface area contributed by atoms with E-state index in [0.717, 1.165) is 41.3 Å². The van der Waals surface area contributed by atoms with Crippen molar-refractivity contribution < 1.29 is 4.79 Å². The van der Waals surface area contributed by atoms with Gasteiger partial charge in [-0.3, -0.25) is 4.79 Å². The molecule has 0 bridgehead atoms. The van der Waals surface area contributed by atoms with Crippen LogP contribution in [-0.4, -0.2) is 48.4 Å². The predicted octanol–water partition coefficient (Wildman–Crippen LogP) is 3.96. The van der Waals surface area contributed by atoms with E-state index in [1.807, 2.05) is 11.9 Å². The van der Waals surface area contributed by atoms with Gasteiger partial charge in [-0.15, -0.1) is 10.2 Å². The lowest BCUT2D eigenvalue weighted by Gasteiger charge is -2.39. The summed E-state index contributed by atoms with van der Waals surface area (Å²) in [6.45, 7) is 6.43. The maximum atomic E-state index is 12.8. The topological polar surface area (TPSA) is 63.9 Å². The fourth-order valence-electron chi connectivity index (χ4n) is 4.29. The molecule has 0 saturated carbocycles. The van der Waals surface area contributed by atoms with Crippen LogP contribution in [0.2, 0.25) is 0 Å². The quantitative estimate of drug-likeness (QED) is 0.624. The lowest BCUT2D eigenvalue weighted by molar-refractivity contribution is -0.134. The van der Waals surface area contributed by atoms with Crippen LogP contribution in [-0.2, 0) is 18.3 Å². The molecule has 1 aromatic carbocycles. The molecule has 1 aliphatic rings. The first-order chi connectivity index (χ1) is 13.5. The summed E-state index contributed by atoms with van der Waals surface area (Å²) in [6, 6.07) is 7.05. The van der Waals surface area contributed by atoms with Gasteiger partial charge < -0.3 is 9.47 Å². The lowest BCUT2D eigenvalue weighted by Crippen LogP contribution is -2.48. The van der Waals surface area contributed by atoms with Crippen molar-refractivity contribution in [3.63, 3.8) is 0 Å². The highest BCUT2D eigenvalue weighted by atomic mass is 32.2. The van der Waals surface area contributed by atoms with Crippen LogP contribution in [0.25, 0.3) is 22.1 Å². The summed E-state index contributed by atoms with van der Waals surface area (Å²) < 4.78 is 2.06. The molecule has 0 spiro atoms. The number of benzene rings is 1. The molecule has 1 saturated heterocycles. The van der Waals surface area contributed by atoms with Crippen LogP contribution in [0.3, 0.4) is 0 Å².